The number of halogens is 1. The first kappa shape index (κ1) is 18.8. The number of methoxy groups -OCH3 is 1. The van der Waals surface area contributed by atoms with Gasteiger partial charge in [0.15, 0.2) is 0 Å². The Morgan fingerprint density at radius 2 is 2.12 bits per heavy atom. The first-order chi connectivity index (χ1) is 12.0. The van der Waals surface area contributed by atoms with E-state index in [-0.39, 0.29) is 0 Å². The predicted octanol–water partition coefficient (Wildman–Crippen LogP) is 3.51. The smallest absolute Gasteiger partial charge is 0.315 e. The number of carbonyl (C=O) groups excluding carboxylic acids is 1. The zero-order chi connectivity index (χ0) is 18.4. The van der Waals surface area contributed by atoms with Crippen molar-refractivity contribution in [1.82, 2.24) is 15.8 Å². The highest BCUT2D eigenvalue weighted by atomic mass is 19.1. The Hall–Kier alpha value is -2.57. The van der Waals surface area contributed by atoms with Crippen LogP contribution in [0.4, 0.5) is 9.18 Å². The number of amides is 2. The minimum atomic E-state index is -0.546. The predicted molar refractivity (Wildman–Crippen MR) is 92.0 cm³/mol. The molecule has 1 atom stereocenters. The summed E-state index contributed by atoms with van der Waals surface area (Å²) in [7, 11) is 1.47. The van der Waals surface area contributed by atoms with Crippen LogP contribution in [0, 0.1) is 5.82 Å². The highest BCUT2D eigenvalue weighted by Gasteiger charge is 2.19. The second-order valence-electron chi connectivity index (χ2n) is 5.64. The van der Waals surface area contributed by atoms with Crippen molar-refractivity contribution in [2.45, 2.75) is 46.2 Å². The van der Waals surface area contributed by atoms with Gasteiger partial charge < -0.3 is 19.9 Å². The Kier molecular flexibility index (Phi) is 6.38. The van der Waals surface area contributed by atoms with Gasteiger partial charge in [0.05, 0.1) is 24.4 Å². The molecule has 2 aromatic rings. The number of aromatic nitrogens is 1. The van der Waals surface area contributed by atoms with Crippen molar-refractivity contribution in [2.75, 3.05) is 7.11 Å². The van der Waals surface area contributed by atoms with Crippen LogP contribution in [0.1, 0.15) is 49.4 Å². The number of ether oxygens (including phenoxy) is 1. The summed E-state index contributed by atoms with van der Waals surface area (Å²) in [5, 5.41) is 9.52. The number of nitrogens with one attached hydrogen (secondary N) is 2. The third-order valence-electron chi connectivity index (χ3n) is 4.05. The van der Waals surface area contributed by atoms with Gasteiger partial charge in [0.2, 0.25) is 0 Å². The van der Waals surface area contributed by atoms with Crippen LogP contribution in [0.5, 0.6) is 5.75 Å². The van der Waals surface area contributed by atoms with Crippen molar-refractivity contribution in [2.24, 2.45) is 0 Å². The van der Waals surface area contributed by atoms with Crippen LogP contribution in [0.3, 0.4) is 0 Å². The van der Waals surface area contributed by atoms with Gasteiger partial charge in [-0.05, 0) is 25.5 Å². The lowest BCUT2D eigenvalue weighted by molar-refractivity contribution is 0.237. The first-order valence-electron chi connectivity index (χ1n) is 8.34. The number of carbonyl (C=O) groups is 1. The van der Waals surface area contributed by atoms with Gasteiger partial charge in [-0.3, -0.25) is 0 Å². The third-order valence-corrected chi connectivity index (χ3v) is 4.05. The van der Waals surface area contributed by atoms with E-state index >= 15 is 0 Å². The molecule has 0 aliphatic rings. The molecule has 0 radical (unpaired) electrons. The maximum atomic E-state index is 14.1. The van der Waals surface area contributed by atoms with E-state index in [0.717, 1.165) is 23.4 Å². The molecule has 1 aromatic heterocycles. The monoisotopic (exact) mass is 349 g/mol. The highest BCUT2D eigenvalue weighted by molar-refractivity contribution is 5.74. The van der Waals surface area contributed by atoms with Crippen LogP contribution >= 0.6 is 0 Å². The highest BCUT2D eigenvalue weighted by Crippen LogP contribution is 2.27. The molecule has 2 rings (SSSR count). The van der Waals surface area contributed by atoms with Crippen LogP contribution in [0.15, 0.2) is 22.7 Å². The van der Waals surface area contributed by atoms with Crippen LogP contribution in [0.2, 0.25) is 0 Å². The Morgan fingerprint density at radius 3 is 2.76 bits per heavy atom. The summed E-state index contributed by atoms with van der Waals surface area (Å²) in [6, 6.07) is 3.62. The van der Waals surface area contributed by atoms with Gasteiger partial charge in [-0.2, -0.15) is 0 Å². The lowest BCUT2D eigenvalue weighted by Crippen LogP contribution is -2.37. The SMILES string of the molecule is CCc1noc(CC)c1CNC(=O)NC(C)c1c(F)cccc1OC. The largest absolute Gasteiger partial charge is 0.496 e. The molecular weight excluding hydrogens is 325 g/mol. The van der Waals surface area contributed by atoms with E-state index in [9.17, 15) is 9.18 Å². The van der Waals surface area contributed by atoms with Gasteiger partial charge in [0.1, 0.15) is 17.3 Å². The molecule has 1 unspecified atom stereocenters. The summed E-state index contributed by atoms with van der Waals surface area (Å²) in [6.45, 7) is 5.96. The van der Waals surface area contributed by atoms with E-state index in [4.69, 9.17) is 9.26 Å². The summed E-state index contributed by atoms with van der Waals surface area (Å²) < 4.78 is 24.5. The maximum absolute atomic E-state index is 14.1. The fraction of sp³-hybridized carbons (Fsp3) is 0.444. The fourth-order valence-corrected chi connectivity index (χ4v) is 2.74. The molecule has 0 aliphatic carbocycles. The van der Waals surface area contributed by atoms with Crippen molar-refractivity contribution in [1.29, 1.82) is 0 Å². The molecule has 1 aromatic carbocycles. The zero-order valence-corrected chi connectivity index (χ0v) is 15.0. The van der Waals surface area contributed by atoms with Crippen molar-refractivity contribution in [3.63, 3.8) is 0 Å². The van der Waals surface area contributed by atoms with Gasteiger partial charge >= 0.3 is 6.03 Å². The van der Waals surface area contributed by atoms with Crippen molar-refractivity contribution in [3.8, 4) is 5.75 Å². The number of aryl methyl sites for hydroxylation is 2. The summed E-state index contributed by atoms with van der Waals surface area (Å²) in [6.07, 6.45) is 1.43. The molecule has 1 heterocycles. The summed E-state index contributed by atoms with van der Waals surface area (Å²) in [5.41, 5.74) is 2.05. The molecule has 2 amide bonds. The van der Waals surface area contributed by atoms with E-state index in [1.54, 1.807) is 19.1 Å². The van der Waals surface area contributed by atoms with E-state index in [1.165, 1.54) is 13.2 Å². The number of benzene rings is 1. The van der Waals surface area contributed by atoms with Crippen LogP contribution in [-0.2, 0) is 19.4 Å². The summed E-state index contributed by atoms with van der Waals surface area (Å²) in [5.74, 6) is 0.738. The summed E-state index contributed by atoms with van der Waals surface area (Å²) >= 11 is 0. The molecule has 25 heavy (non-hydrogen) atoms. The minimum absolute atomic E-state index is 0.308. The topological polar surface area (TPSA) is 76.4 Å². The number of hydrogen-bond acceptors (Lipinski definition) is 4. The molecule has 6 nitrogen and oxygen atoms in total. The second kappa shape index (κ2) is 8.50. The Bertz CT molecular complexity index is 709. The Morgan fingerprint density at radius 1 is 1.36 bits per heavy atom. The normalized spacial score (nSPS) is 11.9. The van der Waals surface area contributed by atoms with Gasteiger partial charge in [-0.1, -0.05) is 25.1 Å². The van der Waals surface area contributed by atoms with Crippen molar-refractivity contribution >= 4 is 6.03 Å². The average molecular weight is 349 g/mol. The molecule has 2 N–H and O–H groups in total. The first-order valence-corrected chi connectivity index (χ1v) is 8.34. The number of hydrogen-bond donors (Lipinski definition) is 2. The van der Waals surface area contributed by atoms with E-state index in [1.807, 2.05) is 13.8 Å². The van der Waals surface area contributed by atoms with Gasteiger partial charge in [0.25, 0.3) is 0 Å². The number of urea groups is 1. The van der Waals surface area contributed by atoms with Crippen LogP contribution in [0.25, 0.3) is 0 Å². The molecule has 0 spiro atoms. The summed E-state index contributed by atoms with van der Waals surface area (Å²) in [4.78, 5) is 12.2. The molecule has 0 aliphatic heterocycles. The standard InChI is InChI=1S/C18H24FN3O3/c1-5-14-12(15(6-2)25-22-14)10-20-18(23)21-11(3)17-13(19)8-7-9-16(17)24-4/h7-9,11H,5-6,10H2,1-4H3,(H2,20,21,23). The van der Waals surface area contributed by atoms with Crippen LogP contribution in [-0.4, -0.2) is 18.3 Å². The molecule has 0 saturated carbocycles. The fourth-order valence-electron chi connectivity index (χ4n) is 2.74. The minimum Gasteiger partial charge on any atom is -0.496 e. The second-order valence-corrected chi connectivity index (χ2v) is 5.64. The molecular formula is C18H24FN3O3. The van der Waals surface area contributed by atoms with E-state index in [0.29, 0.717) is 24.3 Å². The van der Waals surface area contributed by atoms with Gasteiger partial charge in [0, 0.05) is 18.5 Å². The number of nitrogens with zero attached hydrogens (tertiary/aromatic N) is 1. The maximum Gasteiger partial charge on any atom is 0.315 e. The molecule has 7 heteroatoms. The third kappa shape index (κ3) is 4.29. The van der Waals surface area contributed by atoms with Crippen molar-refractivity contribution in [3.05, 3.63) is 46.6 Å². The Labute approximate surface area is 146 Å². The zero-order valence-electron chi connectivity index (χ0n) is 15.0. The van der Waals surface area contributed by atoms with E-state index < -0.39 is 17.9 Å². The number of rotatable bonds is 7. The average Bonchev–Trinajstić information content (AvgIpc) is 3.01. The van der Waals surface area contributed by atoms with E-state index in [2.05, 4.69) is 15.8 Å². The lowest BCUT2D eigenvalue weighted by Gasteiger charge is -2.18. The van der Waals surface area contributed by atoms with Gasteiger partial charge in [-0.15, -0.1) is 0 Å². The van der Waals surface area contributed by atoms with Crippen molar-refractivity contribution < 1.29 is 18.4 Å². The van der Waals surface area contributed by atoms with Gasteiger partial charge in [-0.25, -0.2) is 9.18 Å². The molecule has 136 valence electrons. The molecule has 0 fully saturated rings. The lowest BCUT2D eigenvalue weighted by atomic mass is 10.1. The molecule has 0 bridgehead atoms. The Balaban J connectivity index is 2.03. The van der Waals surface area contributed by atoms with Crippen LogP contribution < -0.4 is 15.4 Å². The quantitative estimate of drug-likeness (QED) is 0.802. The molecule has 0 saturated heterocycles.